The van der Waals surface area contributed by atoms with Crippen LogP contribution in [0.5, 0.6) is 0 Å². The second-order valence-electron chi connectivity index (χ2n) is 3.89. The summed E-state index contributed by atoms with van der Waals surface area (Å²) in [5, 5.41) is 8.21. The van der Waals surface area contributed by atoms with Crippen molar-refractivity contribution in [3.05, 3.63) is 35.4 Å². The lowest BCUT2D eigenvalue weighted by atomic mass is 10.0. The quantitative estimate of drug-likeness (QED) is 0.455. The van der Waals surface area contributed by atoms with Crippen molar-refractivity contribution >= 4 is 5.97 Å². The minimum Gasteiger partial charge on any atom is -0.296 e. The van der Waals surface area contributed by atoms with E-state index in [-0.39, 0.29) is 0 Å². The first-order valence-electron chi connectivity index (χ1n) is 5.72. The molecule has 1 aromatic rings. The van der Waals surface area contributed by atoms with Crippen LogP contribution in [-0.2, 0) is 11.3 Å². The highest BCUT2D eigenvalue weighted by molar-refractivity contribution is 5.88. The van der Waals surface area contributed by atoms with Crippen molar-refractivity contribution in [1.82, 2.24) is 0 Å². The maximum absolute atomic E-state index is 11.0. The molecule has 0 saturated heterocycles. The average molecular weight is 222 g/mol. The maximum atomic E-state index is 11.0. The summed E-state index contributed by atoms with van der Waals surface area (Å²) in [5.74, 6) is -0.711. The number of unbranched alkanes of at least 4 members (excludes halogenated alkanes) is 3. The average Bonchev–Trinajstić information content (AvgIpc) is 2.34. The van der Waals surface area contributed by atoms with E-state index in [0.717, 1.165) is 6.42 Å². The molecular formula is C13H18O3. The van der Waals surface area contributed by atoms with E-state index in [4.69, 9.17) is 5.26 Å². The van der Waals surface area contributed by atoms with Crippen LogP contribution < -0.4 is 0 Å². The summed E-state index contributed by atoms with van der Waals surface area (Å²) in [6, 6.07) is 7.15. The summed E-state index contributed by atoms with van der Waals surface area (Å²) in [5.41, 5.74) is 1.59. The van der Waals surface area contributed by atoms with Crippen LogP contribution in [0.1, 0.15) is 48.5 Å². The van der Waals surface area contributed by atoms with Crippen LogP contribution in [0, 0.1) is 0 Å². The second-order valence-corrected chi connectivity index (χ2v) is 3.89. The van der Waals surface area contributed by atoms with Crippen molar-refractivity contribution in [2.45, 2.75) is 39.0 Å². The number of carbonyl (C=O) groups is 1. The smallest absolute Gasteiger partial charge is 0.296 e. The minimum absolute atomic E-state index is 0.375. The molecule has 0 unspecified atom stereocenters. The predicted molar refractivity (Wildman–Crippen MR) is 62.3 cm³/mol. The number of hydrogen-bond donors (Lipinski definition) is 1. The molecule has 1 aromatic carbocycles. The number of rotatable bonds is 6. The van der Waals surface area contributed by atoms with Gasteiger partial charge in [0.1, 0.15) is 0 Å². The van der Waals surface area contributed by atoms with Crippen LogP contribution in [0.15, 0.2) is 24.3 Å². The molecule has 88 valence electrons. The molecule has 0 aliphatic rings. The Labute approximate surface area is 96.0 Å². The van der Waals surface area contributed by atoms with Gasteiger partial charge in [0, 0.05) is 0 Å². The summed E-state index contributed by atoms with van der Waals surface area (Å²) in [4.78, 5) is 14.6. The summed E-state index contributed by atoms with van der Waals surface area (Å²) >= 11 is 0. The molecule has 0 aliphatic carbocycles. The topological polar surface area (TPSA) is 46.5 Å². The highest BCUT2D eigenvalue weighted by atomic mass is 17.1. The summed E-state index contributed by atoms with van der Waals surface area (Å²) < 4.78 is 0. The zero-order chi connectivity index (χ0) is 11.8. The Bertz CT molecular complexity index is 316. The van der Waals surface area contributed by atoms with Gasteiger partial charge in [-0.15, -0.1) is 0 Å². The molecule has 3 nitrogen and oxygen atoms in total. The monoisotopic (exact) mass is 222 g/mol. The lowest BCUT2D eigenvalue weighted by molar-refractivity contribution is -0.182. The van der Waals surface area contributed by atoms with Gasteiger partial charge in [0.2, 0.25) is 0 Å². The largest absolute Gasteiger partial charge is 0.372 e. The lowest BCUT2D eigenvalue weighted by Gasteiger charge is -2.02. The Morgan fingerprint density at radius 2 is 1.88 bits per heavy atom. The van der Waals surface area contributed by atoms with E-state index in [2.05, 4.69) is 11.8 Å². The number of benzene rings is 1. The van der Waals surface area contributed by atoms with E-state index in [9.17, 15) is 4.79 Å². The molecular weight excluding hydrogens is 204 g/mol. The zero-order valence-corrected chi connectivity index (χ0v) is 9.61. The fraction of sp³-hybridized carbons (Fsp3) is 0.462. The highest BCUT2D eigenvalue weighted by Gasteiger charge is 2.05. The number of hydrogen-bond acceptors (Lipinski definition) is 3. The fourth-order valence-electron chi connectivity index (χ4n) is 1.62. The zero-order valence-electron chi connectivity index (χ0n) is 9.61. The Morgan fingerprint density at radius 1 is 1.19 bits per heavy atom. The molecule has 0 fully saturated rings. The predicted octanol–water partition coefficient (Wildman–Crippen LogP) is 3.44. The van der Waals surface area contributed by atoms with E-state index >= 15 is 0 Å². The van der Waals surface area contributed by atoms with E-state index in [1.807, 2.05) is 12.1 Å². The molecule has 0 bridgehead atoms. The Hall–Kier alpha value is -1.35. The second kappa shape index (κ2) is 7.01. The normalized spacial score (nSPS) is 10.1. The van der Waals surface area contributed by atoms with Gasteiger partial charge in [0.05, 0.1) is 5.56 Å². The van der Waals surface area contributed by atoms with Crippen molar-refractivity contribution in [3.8, 4) is 0 Å². The summed E-state index contributed by atoms with van der Waals surface area (Å²) in [6.45, 7) is 2.19. The van der Waals surface area contributed by atoms with Crippen molar-refractivity contribution in [2.24, 2.45) is 0 Å². The molecule has 0 amide bonds. The van der Waals surface area contributed by atoms with Crippen LogP contribution in [0.25, 0.3) is 0 Å². The molecule has 0 aromatic heterocycles. The molecule has 3 heteroatoms. The summed E-state index contributed by atoms with van der Waals surface area (Å²) in [7, 11) is 0. The van der Waals surface area contributed by atoms with Gasteiger partial charge in [-0.25, -0.2) is 4.79 Å². The summed E-state index contributed by atoms with van der Waals surface area (Å²) in [6.07, 6.45) is 5.97. The van der Waals surface area contributed by atoms with Crippen LogP contribution in [-0.4, -0.2) is 11.2 Å². The van der Waals surface area contributed by atoms with Gasteiger partial charge in [-0.3, -0.25) is 4.89 Å². The van der Waals surface area contributed by atoms with E-state index in [1.54, 1.807) is 12.1 Å². The molecule has 1 rings (SSSR count). The van der Waals surface area contributed by atoms with Gasteiger partial charge in [0.15, 0.2) is 0 Å². The first-order chi connectivity index (χ1) is 7.77. The van der Waals surface area contributed by atoms with Gasteiger partial charge < -0.3 is 0 Å². The molecule has 1 N–H and O–H groups in total. The molecule has 0 aliphatic heterocycles. The molecule has 16 heavy (non-hydrogen) atoms. The highest BCUT2D eigenvalue weighted by Crippen LogP contribution is 2.10. The van der Waals surface area contributed by atoms with Crippen LogP contribution in [0.4, 0.5) is 0 Å². The van der Waals surface area contributed by atoms with Gasteiger partial charge in [0.25, 0.3) is 0 Å². The first kappa shape index (κ1) is 12.7. The fourth-order valence-corrected chi connectivity index (χ4v) is 1.62. The van der Waals surface area contributed by atoms with E-state index in [0.29, 0.717) is 5.56 Å². The Morgan fingerprint density at radius 3 is 2.44 bits per heavy atom. The van der Waals surface area contributed by atoms with Crippen molar-refractivity contribution in [1.29, 1.82) is 0 Å². The maximum Gasteiger partial charge on any atom is 0.372 e. The Balaban J connectivity index is 2.42. The van der Waals surface area contributed by atoms with Crippen LogP contribution in [0.2, 0.25) is 0 Å². The minimum atomic E-state index is -0.711. The van der Waals surface area contributed by atoms with Gasteiger partial charge in [-0.1, -0.05) is 38.3 Å². The Kier molecular flexibility index (Phi) is 5.57. The van der Waals surface area contributed by atoms with Crippen LogP contribution in [0.3, 0.4) is 0 Å². The molecule has 0 radical (unpaired) electrons. The van der Waals surface area contributed by atoms with Gasteiger partial charge >= 0.3 is 5.97 Å². The third kappa shape index (κ3) is 4.03. The molecule has 0 spiro atoms. The first-order valence-corrected chi connectivity index (χ1v) is 5.72. The van der Waals surface area contributed by atoms with Crippen molar-refractivity contribution in [3.63, 3.8) is 0 Å². The SMILES string of the molecule is CCCCCCc1ccc(C(=O)OO)cc1. The number of carbonyl (C=O) groups excluding carboxylic acids is 1. The van der Waals surface area contributed by atoms with E-state index < -0.39 is 5.97 Å². The lowest BCUT2D eigenvalue weighted by Crippen LogP contribution is -2.01. The number of aryl methyl sites for hydroxylation is 1. The molecule has 0 atom stereocenters. The van der Waals surface area contributed by atoms with Crippen molar-refractivity contribution in [2.75, 3.05) is 0 Å². The third-order valence-corrected chi connectivity index (χ3v) is 2.59. The van der Waals surface area contributed by atoms with Crippen LogP contribution >= 0.6 is 0 Å². The van der Waals surface area contributed by atoms with Gasteiger partial charge in [-0.2, -0.15) is 5.26 Å². The van der Waals surface area contributed by atoms with Crippen molar-refractivity contribution < 1.29 is 14.9 Å². The third-order valence-electron chi connectivity index (χ3n) is 2.59. The standard InChI is InChI=1S/C13H18O3/c1-2-3-4-5-6-11-7-9-12(10-8-11)13(14)16-15/h7-10,15H,2-6H2,1H3. The molecule has 0 saturated carbocycles. The van der Waals surface area contributed by atoms with Gasteiger partial charge in [-0.05, 0) is 30.5 Å². The molecule has 0 heterocycles. The van der Waals surface area contributed by atoms with E-state index in [1.165, 1.54) is 31.2 Å².